The molecule has 1 fully saturated rings. The minimum atomic E-state index is -0.638. The highest BCUT2D eigenvalue weighted by atomic mass is 16.6. The highest BCUT2D eigenvalue weighted by molar-refractivity contribution is 5.77. The first-order chi connectivity index (χ1) is 14.7. The van der Waals surface area contributed by atoms with Gasteiger partial charge >= 0.3 is 12.1 Å². The van der Waals surface area contributed by atoms with Crippen LogP contribution in [-0.4, -0.2) is 29.8 Å². The average molecular weight is 421 g/mol. The monoisotopic (exact) mass is 420 g/mol. The van der Waals surface area contributed by atoms with Gasteiger partial charge in [0, 0.05) is 12.5 Å². The van der Waals surface area contributed by atoms with E-state index in [1.54, 1.807) is 26.8 Å². The van der Waals surface area contributed by atoms with E-state index in [-0.39, 0.29) is 12.1 Å². The van der Waals surface area contributed by atoms with Crippen LogP contribution in [0.15, 0.2) is 54.6 Å². The molecule has 1 aliphatic heterocycles. The van der Waals surface area contributed by atoms with E-state index < -0.39 is 23.7 Å². The van der Waals surface area contributed by atoms with E-state index >= 15 is 0 Å². The van der Waals surface area contributed by atoms with Crippen LogP contribution >= 0.6 is 0 Å². The van der Waals surface area contributed by atoms with E-state index in [0.29, 0.717) is 24.8 Å². The first kappa shape index (κ1) is 22.4. The number of carbonyl (C=O) groups is 2. The highest BCUT2D eigenvalue weighted by Gasteiger charge is 2.41. The van der Waals surface area contributed by atoms with Crippen molar-refractivity contribution < 1.29 is 19.1 Å². The minimum Gasteiger partial charge on any atom is -0.462 e. The van der Waals surface area contributed by atoms with Crippen molar-refractivity contribution in [1.82, 2.24) is 5.32 Å². The third kappa shape index (κ3) is 6.32. The molecule has 1 saturated heterocycles. The normalized spacial score (nSPS) is 19.2. The molecule has 1 aliphatic rings. The number of rotatable bonds is 6. The molecule has 2 aromatic rings. The Hall–Kier alpha value is -3.33. The molecule has 3 rings (SSSR count). The third-order valence-corrected chi connectivity index (χ3v) is 5.17. The number of benzene rings is 2. The number of cyclic esters (lactones) is 1. The van der Waals surface area contributed by atoms with Crippen molar-refractivity contribution >= 4 is 12.1 Å². The number of nitrogens with zero attached hydrogens (tertiary/aromatic N) is 1. The zero-order valence-electron chi connectivity index (χ0n) is 18.1. The van der Waals surface area contributed by atoms with E-state index in [4.69, 9.17) is 9.47 Å². The highest BCUT2D eigenvalue weighted by Crippen LogP contribution is 2.29. The molecule has 6 heteroatoms. The largest absolute Gasteiger partial charge is 0.462 e. The Labute approximate surface area is 183 Å². The van der Waals surface area contributed by atoms with Crippen LogP contribution in [0.1, 0.15) is 43.9 Å². The molecule has 0 bridgehead atoms. The summed E-state index contributed by atoms with van der Waals surface area (Å²) in [6, 6.07) is 18.7. The molecule has 162 valence electrons. The molecule has 1 heterocycles. The van der Waals surface area contributed by atoms with Gasteiger partial charge in [-0.1, -0.05) is 48.5 Å². The van der Waals surface area contributed by atoms with Crippen LogP contribution in [-0.2, 0) is 27.1 Å². The SMILES string of the molecule is CC(C)(C)OC(=O)N[C@@H](Cc1ccccc1)[C@H]1C[C@@H](Cc2ccccc2C#N)OC1=O. The lowest BCUT2D eigenvalue weighted by molar-refractivity contribution is -0.144. The van der Waals surface area contributed by atoms with Crippen LogP contribution in [0.4, 0.5) is 4.79 Å². The lowest BCUT2D eigenvalue weighted by Gasteiger charge is -2.26. The summed E-state index contributed by atoms with van der Waals surface area (Å²) in [6.07, 6.45) is 0.522. The summed E-state index contributed by atoms with van der Waals surface area (Å²) in [5.41, 5.74) is 1.80. The Morgan fingerprint density at radius 3 is 2.55 bits per heavy atom. The number of amides is 1. The molecular formula is C25H28N2O4. The third-order valence-electron chi connectivity index (χ3n) is 5.17. The van der Waals surface area contributed by atoms with Gasteiger partial charge in [-0.15, -0.1) is 0 Å². The predicted molar refractivity (Wildman–Crippen MR) is 116 cm³/mol. The van der Waals surface area contributed by atoms with Crippen molar-refractivity contribution in [2.45, 2.75) is 57.8 Å². The number of ether oxygens (including phenoxy) is 2. The summed E-state index contributed by atoms with van der Waals surface area (Å²) in [5, 5.41) is 12.2. The maximum atomic E-state index is 12.7. The summed E-state index contributed by atoms with van der Waals surface area (Å²) in [5.74, 6) is -0.830. The summed E-state index contributed by atoms with van der Waals surface area (Å²) in [4.78, 5) is 25.2. The van der Waals surface area contributed by atoms with Crippen molar-refractivity contribution in [3.8, 4) is 6.07 Å². The second-order valence-electron chi connectivity index (χ2n) is 8.82. The fraction of sp³-hybridized carbons (Fsp3) is 0.400. The van der Waals surface area contributed by atoms with Gasteiger partial charge in [-0.3, -0.25) is 4.79 Å². The van der Waals surface area contributed by atoms with Crippen molar-refractivity contribution in [3.63, 3.8) is 0 Å². The molecule has 6 nitrogen and oxygen atoms in total. The first-order valence-electron chi connectivity index (χ1n) is 10.5. The van der Waals surface area contributed by atoms with Crippen LogP contribution < -0.4 is 5.32 Å². The van der Waals surface area contributed by atoms with Crippen molar-refractivity contribution in [2.24, 2.45) is 5.92 Å². The summed E-state index contributed by atoms with van der Waals surface area (Å²) in [7, 11) is 0. The number of hydrogen-bond acceptors (Lipinski definition) is 5. The van der Waals surface area contributed by atoms with Gasteiger partial charge in [0.1, 0.15) is 11.7 Å². The van der Waals surface area contributed by atoms with Gasteiger partial charge < -0.3 is 14.8 Å². The molecular weight excluding hydrogens is 392 g/mol. The van der Waals surface area contributed by atoms with Crippen LogP contribution in [0.2, 0.25) is 0 Å². The predicted octanol–water partition coefficient (Wildman–Crippen LogP) is 4.17. The molecule has 1 N–H and O–H groups in total. The Balaban J connectivity index is 1.75. The van der Waals surface area contributed by atoms with Crippen LogP contribution in [0.5, 0.6) is 0 Å². The van der Waals surface area contributed by atoms with E-state index in [1.165, 1.54) is 0 Å². The van der Waals surface area contributed by atoms with Gasteiger partial charge in [0.25, 0.3) is 0 Å². The smallest absolute Gasteiger partial charge is 0.407 e. The zero-order chi connectivity index (χ0) is 22.4. The first-order valence-corrected chi connectivity index (χ1v) is 10.5. The van der Waals surface area contributed by atoms with Crippen LogP contribution in [0.3, 0.4) is 0 Å². The molecule has 0 radical (unpaired) electrons. The summed E-state index contributed by atoms with van der Waals surface area (Å²) >= 11 is 0. The molecule has 1 amide bonds. The van der Waals surface area contributed by atoms with E-state index in [2.05, 4.69) is 11.4 Å². The molecule has 3 atom stereocenters. The maximum absolute atomic E-state index is 12.7. The standard InChI is InChI=1S/C25H28N2O4/c1-25(2,3)31-24(29)27-22(13-17-9-5-4-6-10-17)21-15-20(30-23(21)28)14-18-11-7-8-12-19(18)16-26/h4-12,20-22H,13-15H2,1-3H3,(H,27,29)/t20-,21-,22+/m1/s1. The summed E-state index contributed by atoms with van der Waals surface area (Å²) < 4.78 is 11.1. The van der Waals surface area contributed by atoms with Gasteiger partial charge in [-0.25, -0.2) is 4.79 Å². The molecule has 0 spiro atoms. The number of nitriles is 1. The number of carbonyl (C=O) groups excluding carboxylic acids is 2. The second-order valence-corrected chi connectivity index (χ2v) is 8.82. The lowest BCUT2D eigenvalue weighted by Crippen LogP contribution is -2.45. The Morgan fingerprint density at radius 1 is 1.19 bits per heavy atom. The maximum Gasteiger partial charge on any atom is 0.407 e. The van der Waals surface area contributed by atoms with E-state index in [1.807, 2.05) is 48.5 Å². The molecule has 0 aromatic heterocycles. The molecule has 0 saturated carbocycles. The molecule has 0 unspecified atom stereocenters. The zero-order valence-corrected chi connectivity index (χ0v) is 18.1. The van der Waals surface area contributed by atoms with Crippen LogP contribution in [0, 0.1) is 17.2 Å². The lowest BCUT2D eigenvalue weighted by atomic mass is 9.89. The van der Waals surface area contributed by atoms with Gasteiger partial charge in [0.05, 0.1) is 17.6 Å². The average Bonchev–Trinajstić information content (AvgIpc) is 3.07. The van der Waals surface area contributed by atoms with Gasteiger partial charge in [-0.05, 0) is 50.8 Å². The molecule has 2 aromatic carbocycles. The Bertz CT molecular complexity index is 959. The Morgan fingerprint density at radius 2 is 1.87 bits per heavy atom. The van der Waals surface area contributed by atoms with Crippen LogP contribution in [0.25, 0.3) is 0 Å². The molecule has 31 heavy (non-hydrogen) atoms. The number of esters is 1. The van der Waals surface area contributed by atoms with Crippen molar-refractivity contribution in [1.29, 1.82) is 5.26 Å². The van der Waals surface area contributed by atoms with E-state index in [9.17, 15) is 14.9 Å². The van der Waals surface area contributed by atoms with Crippen molar-refractivity contribution in [3.05, 3.63) is 71.3 Å². The topological polar surface area (TPSA) is 88.4 Å². The fourth-order valence-corrected chi connectivity index (χ4v) is 3.81. The number of hydrogen-bond donors (Lipinski definition) is 1. The van der Waals surface area contributed by atoms with Gasteiger partial charge in [-0.2, -0.15) is 5.26 Å². The number of alkyl carbamates (subject to hydrolysis) is 1. The Kier molecular flexibility index (Phi) is 6.96. The van der Waals surface area contributed by atoms with Gasteiger partial charge in [0.2, 0.25) is 0 Å². The second kappa shape index (κ2) is 9.65. The van der Waals surface area contributed by atoms with Gasteiger partial charge in [0.15, 0.2) is 0 Å². The molecule has 0 aliphatic carbocycles. The minimum absolute atomic E-state index is 0.337. The quantitative estimate of drug-likeness (QED) is 0.709. The van der Waals surface area contributed by atoms with E-state index in [0.717, 1.165) is 11.1 Å². The summed E-state index contributed by atoms with van der Waals surface area (Å²) in [6.45, 7) is 5.39. The number of nitrogens with one attached hydrogen (secondary N) is 1. The fourth-order valence-electron chi connectivity index (χ4n) is 3.81. The van der Waals surface area contributed by atoms with Crippen molar-refractivity contribution in [2.75, 3.05) is 0 Å².